The lowest BCUT2D eigenvalue weighted by Gasteiger charge is -2.11. The van der Waals surface area contributed by atoms with Gasteiger partial charge >= 0.3 is 7.82 Å². The second kappa shape index (κ2) is 4.30. The zero-order chi connectivity index (χ0) is 12.5. The smallest absolute Gasteiger partial charge is 0.403 e. The number of aldehydes is 1. The van der Waals surface area contributed by atoms with Gasteiger partial charge in [0.05, 0.1) is 5.56 Å². The topological polar surface area (TPSA) is 83.8 Å². The van der Waals surface area contributed by atoms with Crippen molar-refractivity contribution in [3.63, 3.8) is 0 Å². The van der Waals surface area contributed by atoms with Gasteiger partial charge in [0.15, 0.2) is 6.29 Å². The van der Waals surface area contributed by atoms with Crippen LogP contribution in [0.25, 0.3) is 10.8 Å². The van der Waals surface area contributed by atoms with Gasteiger partial charge in [-0.3, -0.25) is 14.6 Å². The summed E-state index contributed by atoms with van der Waals surface area (Å²) in [6.07, 6.45) is 0.497. The van der Waals surface area contributed by atoms with E-state index in [2.05, 4.69) is 4.52 Å². The molecule has 6 heteroatoms. The third-order valence-electron chi connectivity index (χ3n) is 2.25. The van der Waals surface area contributed by atoms with Crippen LogP contribution < -0.4 is 4.52 Å². The van der Waals surface area contributed by atoms with E-state index in [1.54, 1.807) is 30.3 Å². The first kappa shape index (κ1) is 11.8. The Balaban J connectivity index is 2.71. The van der Waals surface area contributed by atoms with E-state index in [-0.39, 0.29) is 11.3 Å². The van der Waals surface area contributed by atoms with Crippen molar-refractivity contribution in [1.82, 2.24) is 0 Å². The lowest BCUT2D eigenvalue weighted by atomic mass is 10.1. The first-order valence-corrected chi connectivity index (χ1v) is 6.26. The molecule has 2 N–H and O–H groups in total. The molecule has 5 nitrogen and oxygen atoms in total. The maximum Gasteiger partial charge on any atom is 0.524 e. The summed E-state index contributed by atoms with van der Waals surface area (Å²) >= 11 is 0. The molecule has 17 heavy (non-hydrogen) atoms. The summed E-state index contributed by atoms with van der Waals surface area (Å²) in [5.74, 6) is -0.0913. The maximum absolute atomic E-state index is 10.9. The molecule has 0 aromatic heterocycles. The highest BCUT2D eigenvalue weighted by molar-refractivity contribution is 7.46. The minimum atomic E-state index is -4.69. The molecule has 0 spiro atoms. The molecule has 0 bridgehead atoms. The Morgan fingerprint density at radius 2 is 1.82 bits per heavy atom. The van der Waals surface area contributed by atoms with Crippen LogP contribution in [-0.2, 0) is 4.57 Å². The molecule has 0 amide bonds. The third kappa shape index (κ3) is 2.53. The summed E-state index contributed by atoms with van der Waals surface area (Å²) in [7, 11) is -4.69. The lowest BCUT2D eigenvalue weighted by molar-refractivity contribution is 0.112. The molecule has 0 unspecified atom stereocenters. The summed E-state index contributed by atoms with van der Waals surface area (Å²) in [5.41, 5.74) is 0.104. The molecule has 88 valence electrons. The summed E-state index contributed by atoms with van der Waals surface area (Å²) in [6, 6.07) is 10.0. The van der Waals surface area contributed by atoms with Gasteiger partial charge in [-0.1, -0.05) is 30.3 Å². The highest BCUT2D eigenvalue weighted by atomic mass is 31.2. The molecule has 2 aromatic rings. The van der Waals surface area contributed by atoms with E-state index in [1.807, 2.05) is 0 Å². The Kier molecular flexibility index (Phi) is 2.98. The molecule has 0 aliphatic carbocycles. The number of hydrogen-bond acceptors (Lipinski definition) is 3. The van der Waals surface area contributed by atoms with E-state index in [0.717, 1.165) is 5.39 Å². The van der Waals surface area contributed by atoms with Gasteiger partial charge in [-0.05, 0) is 11.5 Å². The summed E-state index contributed by atoms with van der Waals surface area (Å²) < 4.78 is 15.4. The van der Waals surface area contributed by atoms with Crippen LogP contribution in [0.4, 0.5) is 0 Å². The number of rotatable bonds is 3. The number of hydrogen-bond donors (Lipinski definition) is 2. The fourth-order valence-electron chi connectivity index (χ4n) is 1.57. The van der Waals surface area contributed by atoms with E-state index < -0.39 is 7.82 Å². The average molecular weight is 252 g/mol. The zero-order valence-corrected chi connectivity index (χ0v) is 9.50. The molecule has 0 aliphatic rings. The van der Waals surface area contributed by atoms with Crippen LogP contribution in [0.2, 0.25) is 0 Å². The van der Waals surface area contributed by atoms with E-state index in [9.17, 15) is 9.36 Å². The van der Waals surface area contributed by atoms with Crippen LogP contribution >= 0.6 is 7.82 Å². The highest BCUT2D eigenvalue weighted by Gasteiger charge is 2.20. The fourth-order valence-corrected chi connectivity index (χ4v) is 2.02. The van der Waals surface area contributed by atoms with Crippen molar-refractivity contribution in [2.75, 3.05) is 0 Å². The molecule has 2 aromatic carbocycles. The van der Waals surface area contributed by atoms with Gasteiger partial charge in [-0.2, -0.15) is 0 Å². The number of benzene rings is 2. The zero-order valence-electron chi connectivity index (χ0n) is 8.61. The second-order valence-corrected chi connectivity index (χ2v) is 4.57. The van der Waals surface area contributed by atoms with Crippen LogP contribution in [0.15, 0.2) is 36.4 Å². The SMILES string of the molecule is O=Cc1ccc2ccccc2c1OP(=O)(O)O. The van der Waals surface area contributed by atoms with Crippen molar-refractivity contribution >= 4 is 24.9 Å². The van der Waals surface area contributed by atoms with Crippen LogP contribution in [0, 0.1) is 0 Å². The molecule has 0 atom stereocenters. The second-order valence-electron chi connectivity index (χ2n) is 3.40. The summed E-state index contributed by atoms with van der Waals surface area (Å²) in [5, 5.41) is 1.22. The Morgan fingerprint density at radius 1 is 1.12 bits per heavy atom. The molecular formula is C11H9O5P. The van der Waals surface area contributed by atoms with Crippen LogP contribution in [0.1, 0.15) is 10.4 Å². The molecule has 0 saturated carbocycles. The van der Waals surface area contributed by atoms with Crippen LogP contribution in [0.3, 0.4) is 0 Å². The molecule has 2 rings (SSSR count). The molecule has 0 heterocycles. The summed E-state index contributed by atoms with van der Waals surface area (Å²) in [6.45, 7) is 0. The quantitative estimate of drug-likeness (QED) is 0.645. The van der Waals surface area contributed by atoms with Gasteiger partial charge in [0, 0.05) is 5.39 Å². The number of phosphoric acid groups is 1. The molecule has 0 aliphatic heterocycles. The highest BCUT2D eigenvalue weighted by Crippen LogP contribution is 2.42. The Hall–Kier alpha value is -1.68. The third-order valence-corrected chi connectivity index (χ3v) is 2.67. The minimum absolute atomic E-state index is 0.0913. The van der Waals surface area contributed by atoms with Crippen LogP contribution in [0.5, 0.6) is 5.75 Å². The Morgan fingerprint density at radius 3 is 2.47 bits per heavy atom. The van der Waals surface area contributed by atoms with Gasteiger partial charge in [0.2, 0.25) is 0 Å². The van der Waals surface area contributed by atoms with Crippen molar-refractivity contribution in [2.24, 2.45) is 0 Å². The molecule has 0 radical (unpaired) electrons. The van der Waals surface area contributed by atoms with Gasteiger partial charge < -0.3 is 4.52 Å². The fraction of sp³-hybridized carbons (Fsp3) is 0. The number of carbonyl (C=O) groups excluding carboxylic acids is 1. The number of phosphoric ester groups is 1. The van der Waals surface area contributed by atoms with E-state index in [0.29, 0.717) is 11.7 Å². The van der Waals surface area contributed by atoms with Gasteiger partial charge in [-0.15, -0.1) is 0 Å². The predicted molar refractivity (Wildman–Crippen MR) is 62.0 cm³/mol. The van der Waals surface area contributed by atoms with Crippen LogP contribution in [-0.4, -0.2) is 16.1 Å². The maximum atomic E-state index is 10.9. The number of carbonyl (C=O) groups is 1. The van der Waals surface area contributed by atoms with E-state index >= 15 is 0 Å². The predicted octanol–water partition coefficient (Wildman–Crippen LogP) is 2.12. The van der Waals surface area contributed by atoms with E-state index in [1.165, 1.54) is 6.07 Å². The first-order chi connectivity index (χ1) is 8.01. The lowest BCUT2D eigenvalue weighted by Crippen LogP contribution is -1.95. The van der Waals surface area contributed by atoms with Gasteiger partial charge in [0.25, 0.3) is 0 Å². The van der Waals surface area contributed by atoms with Gasteiger partial charge in [-0.25, -0.2) is 4.57 Å². The van der Waals surface area contributed by atoms with Crippen molar-refractivity contribution < 1.29 is 23.7 Å². The van der Waals surface area contributed by atoms with Crippen molar-refractivity contribution in [2.45, 2.75) is 0 Å². The van der Waals surface area contributed by atoms with Crippen molar-refractivity contribution in [3.05, 3.63) is 42.0 Å². The number of fused-ring (bicyclic) bond motifs is 1. The minimum Gasteiger partial charge on any atom is -0.403 e. The average Bonchev–Trinajstić information content (AvgIpc) is 2.28. The van der Waals surface area contributed by atoms with Gasteiger partial charge in [0.1, 0.15) is 5.75 Å². The standard InChI is InChI=1S/C11H9O5P/c12-7-9-6-5-8-3-1-2-4-10(8)11(9)16-17(13,14)15/h1-7H,(H2,13,14,15). The monoisotopic (exact) mass is 252 g/mol. The normalized spacial score (nSPS) is 11.4. The Labute approximate surface area is 96.9 Å². The molecular weight excluding hydrogens is 243 g/mol. The molecule has 0 fully saturated rings. The van der Waals surface area contributed by atoms with Crippen molar-refractivity contribution in [1.29, 1.82) is 0 Å². The first-order valence-electron chi connectivity index (χ1n) is 4.73. The molecule has 0 saturated heterocycles. The Bertz CT molecular complexity index is 616. The largest absolute Gasteiger partial charge is 0.524 e. The summed E-state index contributed by atoms with van der Waals surface area (Å²) in [4.78, 5) is 28.5. The van der Waals surface area contributed by atoms with Crippen molar-refractivity contribution in [3.8, 4) is 5.75 Å². The van der Waals surface area contributed by atoms with E-state index in [4.69, 9.17) is 9.79 Å².